The third-order valence-corrected chi connectivity index (χ3v) is 3.79. The first-order valence-corrected chi connectivity index (χ1v) is 6.89. The maximum atomic E-state index is 11.4. The fraction of sp³-hybridized carbons (Fsp3) is 0.267. The van der Waals surface area contributed by atoms with Crippen LogP contribution >= 0.6 is 11.6 Å². The fourth-order valence-electron chi connectivity index (χ4n) is 2.30. The number of nitrogens with one attached hydrogen (secondary N) is 1. The van der Waals surface area contributed by atoms with E-state index in [2.05, 4.69) is 5.32 Å². The van der Waals surface area contributed by atoms with Gasteiger partial charge in [0, 0.05) is 12.0 Å². The summed E-state index contributed by atoms with van der Waals surface area (Å²) >= 11 is 6.52. The Morgan fingerprint density at radius 1 is 1.40 bits per heavy atom. The van der Waals surface area contributed by atoms with E-state index in [1.54, 1.807) is 6.26 Å². The molecule has 0 saturated heterocycles. The number of benzene rings is 1. The molecular weight excluding hydrogens is 278 g/mol. The monoisotopic (exact) mass is 291 g/mol. The molecule has 0 fully saturated rings. The minimum atomic E-state index is -0.312. The van der Waals surface area contributed by atoms with Gasteiger partial charge in [-0.25, -0.2) is 0 Å². The number of carbonyl (C=O) groups excluding carboxylic acids is 1. The lowest BCUT2D eigenvalue weighted by Gasteiger charge is -2.19. The average molecular weight is 292 g/mol. The van der Waals surface area contributed by atoms with E-state index in [0.717, 1.165) is 23.3 Å². The van der Waals surface area contributed by atoms with Gasteiger partial charge < -0.3 is 14.5 Å². The smallest absolute Gasteiger partial charge is 0.262 e. The van der Waals surface area contributed by atoms with Crippen LogP contribution in [0.15, 0.2) is 34.9 Å². The lowest BCUT2D eigenvalue weighted by Crippen LogP contribution is -2.25. The molecule has 1 unspecified atom stereocenters. The van der Waals surface area contributed by atoms with Crippen LogP contribution in [-0.4, -0.2) is 12.5 Å². The first-order valence-electron chi connectivity index (χ1n) is 6.46. The van der Waals surface area contributed by atoms with Gasteiger partial charge in [-0.3, -0.25) is 4.79 Å². The molecule has 1 aliphatic heterocycles. The molecule has 1 N–H and O–H groups in total. The van der Waals surface area contributed by atoms with E-state index in [4.69, 9.17) is 20.8 Å². The summed E-state index contributed by atoms with van der Waals surface area (Å²) in [6.45, 7) is 2.07. The largest absolute Gasteiger partial charge is 0.482 e. The van der Waals surface area contributed by atoms with Crippen LogP contribution in [0.25, 0.3) is 0 Å². The molecule has 2 heterocycles. The molecule has 1 aromatic carbocycles. The highest BCUT2D eigenvalue weighted by Gasteiger charge is 2.21. The van der Waals surface area contributed by atoms with Gasteiger partial charge in [0.05, 0.1) is 17.3 Å². The highest BCUT2D eigenvalue weighted by atomic mass is 35.5. The number of rotatable bonds is 3. The van der Waals surface area contributed by atoms with E-state index in [-0.39, 0.29) is 17.9 Å². The molecule has 1 aromatic heterocycles. The summed E-state index contributed by atoms with van der Waals surface area (Å²) in [5.41, 5.74) is 2.51. The zero-order valence-electron chi connectivity index (χ0n) is 11.0. The zero-order valence-corrected chi connectivity index (χ0v) is 11.7. The average Bonchev–Trinajstić information content (AvgIpc) is 2.94. The van der Waals surface area contributed by atoms with E-state index < -0.39 is 0 Å². The summed E-state index contributed by atoms with van der Waals surface area (Å²) in [6.07, 6.45) is 2.43. The van der Waals surface area contributed by atoms with Gasteiger partial charge >= 0.3 is 0 Å². The van der Waals surface area contributed by atoms with Crippen molar-refractivity contribution in [2.75, 3.05) is 11.9 Å². The lowest BCUT2D eigenvalue weighted by atomic mass is 10.0. The molecule has 1 atom stereocenters. The number of amides is 1. The van der Waals surface area contributed by atoms with Crippen LogP contribution in [-0.2, 0) is 11.2 Å². The number of halogens is 1. The molecule has 4 nitrogen and oxygen atoms in total. The number of aryl methyl sites for hydroxylation is 1. The van der Waals surface area contributed by atoms with E-state index in [9.17, 15) is 4.79 Å². The van der Waals surface area contributed by atoms with Crippen molar-refractivity contribution in [3.05, 3.63) is 47.4 Å². The van der Waals surface area contributed by atoms with Crippen molar-refractivity contribution >= 4 is 23.2 Å². The molecule has 104 valence electrons. The van der Waals surface area contributed by atoms with Gasteiger partial charge in [0.1, 0.15) is 11.5 Å². The molecule has 0 radical (unpaired) electrons. The Balaban J connectivity index is 1.94. The van der Waals surface area contributed by atoms with Crippen LogP contribution in [0.1, 0.15) is 29.2 Å². The Morgan fingerprint density at radius 3 is 3.05 bits per heavy atom. The highest BCUT2D eigenvalue weighted by Crippen LogP contribution is 2.37. The fourth-order valence-corrected chi connectivity index (χ4v) is 2.63. The first kappa shape index (κ1) is 13.1. The third kappa shape index (κ3) is 2.27. The van der Waals surface area contributed by atoms with Crippen molar-refractivity contribution in [3.63, 3.8) is 0 Å². The molecule has 0 spiro atoms. The Hall–Kier alpha value is -1.94. The van der Waals surface area contributed by atoms with Crippen LogP contribution in [0.5, 0.6) is 5.75 Å². The van der Waals surface area contributed by atoms with Crippen molar-refractivity contribution in [1.82, 2.24) is 0 Å². The number of hydrogen-bond acceptors (Lipinski definition) is 3. The standard InChI is InChI=1S/C15H14ClNO3/c1-2-12-10(5-6-19-12)15(16)9-3-4-13-11(7-9)17-14(18)8-20-13/h3-7,15H,2,8H2,1H3,(H,17,18). The second kappa shape index (κ2) is 5.21. The van der Waals surface area contributed by atoms with Crippen molar-refractivity contribution in [3.8, 4) is 5.75 Å². The number of ether oxygens (including phenoxy) is 1. The number of anilines is 1. The van der Waals surface area contributed by atoms with Gasteiger partial charge in [0.2, 0.25) is 0 Å². The van der Waals surface area contributed by atoms with E-state index in [1.807, 2.05) is 31.2 Å². The third-order valence-electron chi connectivity index (χ3n) is 3.30. The van der Waals surface area contributed by atoms with Gasteiger partial charge in [-0.2, -0.15) is 0 Å². The molecule has 0 aliphatic carbocycles. The minimum Gasteiger partial charge on any atom is -0.482 e. The number of fused-ring (bicyclic) bond motifs is 1. The Bertz CT molecular complexity index is 650. The van der Waals surface area contributed by atoms with Crippen LogP contribution < -0.4 is 10.1 Å². The van der Waals surface area contributed by atoms with Crippen LogP contribution in [0.4, 0.5) is 5.69 Å². The normalized spacial score (nSPS) is 15.2. The van der Waals surface area contributed by atoms with Gasteiger partial charge in [-0.1, -0.05) is 13.0 Å². The number of carbonyl (C=O) groups is 1. The van der Waals surface area contributed by atoms with Gasteiger partial charge in [0.25, 0.3) is 5.91 Å². The second-order valence-electron chi connectivity index (χ2n) is 4.61. The van der Waals surface area contributed by atoms with Gasteiger partial charge in [0.15, 0.2) is 6.61 Å². The van der Waals surface area contributed by atoms with Crippen molar-refractivity contribution < 1.29 is 13.9 Å². The van der Waals surface area contributed by atoms with Gasteiger partial charge in [-0.05, 0) is 23.8 Å². The van der Waals surface area contributed by atoms with Crippen LogP contribution in [0.2, 0.25) is 0 Å². The minimum absolute atomic E-state index is 0.0539. The molecule has 3 rings (SSSR count). The summed E-state index contributed by atoms with van der Waals surface area (Å²) in [4.78, 5) is 11.4. The number of hydrogen-bond donors (Lipinski definition) is 1. The number of furan rings is 1. The maximum absolute atomic E-state index is 11.4. The first-order chi connectivity index (χ1) is 9.69. The zero-order chi connectivity index (χ0) is 14.1. The van der Waals surface area contributed by atoms with E-state index >= 15 is 0 Å². The number of alkyl halides is 1. The summed E-state index contributed by atoms with van der Waals surface area (Å²) in [5, 5.41) is 2.47. The van der Waals surface area contributed by atoms with E-state index in [0.29, 0.717) is 11.4 Å². The van der Waals surface area contributed by atoms with Crippen LogP contribution in [0.3, 0.4) is 0 Å². The highest BCUT2D eigenvalue weighted by molar-refractivity contribution is 6.22. The summed E-state index contributed by atoms with van der Waals surface area (Å²) < 4.78 is 10.7. The summed E-state index contributed by atoms with van der Waals surface area (Å²) in [5.74, 6) is 1.39. The molecule has 2 aromatic rings. The molecule has 0 saturated carbocycles. The van der Waals surface area contributed by atoms with Crippen molar-refractivity contribution in [1.29, 1.82) is 0 Å². The molecular formula is C15H14ClNO3. The van der Waals surface area contributed by atoms with Crippen molar-refractivity contribution in [2.45, 2.75) is 18.7 Å². The molecule has 1 aliphatic rings. The Labute approximate surface area is 121 Å². The predicted molar refractivity (Wildman–Crippen MR) is 76.3 cm³/mol. The van der Waals surface area contributed by atoms with Crippen molar-refractivity contribution in [2.24, 2.45) is 0 Å². The van der Waals surface area contributed by atoms with Crippen LogP contribution in [0, 0.1) is 0 Å². The molecule has 0 bridgehead atoms. The maximum Gasteiger partial charge on any atom is 0.262 e. The molecule has 5 heteroatoms. The lowest BCUT2D eigenvalue weighted by molar-refractivity contribution is -0.118. The molecule has 1 amide bonds. The SMILES string of the molecule is CCc1occc1C(Cl)c1ccc2c(c1)NC(=O)CO2. The second-order valence-corrected chi connectivity index (χ2v) is 5.04. The Morgan fingerprint density at radius 2 is 2.25 bits per heavy atom. The molecule has 20 heavy (non-hydrogen) atoms. The topological polar surface area (TPSA) is 51.5 Å². The quantitative estimate of drug-likeness (QED) is 0.881. The van der Waals surface area contributed by atoms with E-state index in [1.165, 1.54) is 0 Å². The van der Waals surface area contributed by atoms with Gasteiger partial charge in [-0.15, -0.1) is 11.6 Å². The Kier molecular flexibility index (Phi) is 3.40. The summed E-state index contributed by atoms with van der Waals surface area (Å²) in [7, 11) is 0. The summed E-state index contributed by atoms with van der Waals surface area (Å²) in [6, 6.07) is 7.45. The predicted octanol–water partition coefficient (Wildman–Crippen LogP) is 3.50.